The maximum Gasteiger partial charge on any atom is 0.345 e. The summed E-state index contributed by atoms with van der Waals surface area (Å²) in [7, 11) is 0. The molecule has 13 heavy (non-hydrogen) atoms. The molecule has 0 spiro atoms. The van der Waals surface area contributed by atoms with Crippen LogP contribution >= 0.6 is 0 Å². The Kier molecular flexibility index (Phi) is 2.54. The van der Waals surface area contributed by atoms with Gasteiger partial charge in [0.15, 0.2) is 0 Å². The normalized spacial score (nSPS) is 17.7. The van der Waals surface area contributed by atoms with Crippen LogP contribution in [0.25, 0.3) is 0 Å². The fraction of sp³-hybridized carbons (Fsp3) is 0.625. The highest BCUT2D eigenvalue weighted by Gasteiger charge is 2.08. The molecule has 1 aliphatic rings. The van der Waals surface area contributed by atoms with Gasteiger partial charge in [-0.3, -0.25) is 10.3 Å². The highest BCUT2D eigenvalue weighted by Crippen LogP contribution is 2.07. The Labute approximate surface area is 76.7 Å². The van der Waals surface area contributed by atoms with Crippen LogP contribution in [0.15, 0.2) is 11.3 Å². The molecule has 2 rings (SSSR count). The first-order chi connectivity index (χ1) is 6.45. The van der Waals surface area contributed by atoms with Gasteiger partial charge in [0, 0.05) is 13.0 Å². The monoisotopic (exact) mass is 180 g/mol. The largest absolute Gasteiger partial charge is 0.345 e. The fourth-order valence-electron chi connectivity index (χ4n) is 1.41. The quantitative estimate of drug-likeness (QED) is 0.664. The van der Waals surface area contributed by atoms with Gasteiger partial charge in [-0.1, -0.05) is 6.42 Å². The van der Waals surface area contributed by atoms with E-state index in [9.17, 15) is 0 Å². The summed E-state index contributed by atoms with van der Waals surface area (Å²) in [5.74, 6) is 1.86. The van der Waals surface area contributed by atoms with Crippen LogP contribution in [0.3, 0.4) is 0 Å². The second-order valence-electron chi connectivity index (χ2n) is 3.15. The predicted molar refractivity (Wildman–Crippen MR) is 49.5 cm³/mol. The van der Waals surface area contributed by atoms with Crippen LogP contribution in [0, 0.1) is 0 Å². The summed E-state index contributed by atoms with van der Waals surface area (Å²) in [5.41, 5.74) is 0. The molecule has 0 aromatic carbocycles. The lowest BCUT2D eigenvalue weighted by molar-refractivity contribution is -0.360. The first kappa shape index (κ1) is 8.22. The molecule has 0 saturated heterocycles. The molecule has 2 heterocycles. The van der Waals surface area contributed by atoms with Gasteiger partial charge < -0.3 is 0 Å². The van der Waals surface area contributed by atoms with Gasteiger partial charge in [0.2, 0.25) is 6.33 Å². The standard InChI is InChI=1S/C8H13N5/c1-2-4-7(9-5-3-1)12-8-10-6-11-13-8/h6H,1-5H2,(H2,9,10,11,12,13)/p+1. The smallest absolute Gasteiger partial charge is 0.262 e. The summed E-state index contributed by atoms with van der Waals surface area (Å²) in [5, 5.41) is 9.80. The molecule has 3 N–H and O–H groups in total. The van der Waals surface area contributed by atoms with E-state index < -0.39 is 0 Å². The number of H-pyrrole nitrogens is 2. The Morgan fingerprint density at radius 2 is 2.38 bits per heavy atom. The molecule has 0 bridgehead atoms. The Bertz CT molecular complexity index is 277. The predicted octanol–water partition coefficient (Wildman–Crippen LogP) is 0.608. The Balaban J connectivity index is 1.96. The molecule has 5 nitrogen and oxygen atoms in total. The molecule has 5 heteroatoms. The van der Waals surface area contributed by atoms with E-state index in [1.165, 1.54) is 19.3 Å². The fourth-order valence-corrected chi connectivity index (χ4v) is 1.41. The number of aromatic nitrogens is 3. The number of nitrogens with zero attached hydrogens (tertiary/aromatic N) is 2. The number of hydrogen-bond acceptors (Lipinski definition) is 3. The van der Waals surface area contributed by atoms with E-state index in [-0.39, 0.29) is 0 Å². The number of aromatic amines is 2. The lowest BCUT2D eigenvalue weighted by Crippen LogP contribution is -2.17. The zero-order chi connectivity index (χ0) is 8.93. The number of rotatable bonds is 1. The van der Waals surface area contributed by atoms with Gasteiger partial charge in [-0.25, -0.2) is 4.98 Å². The zero-order valence-corrected chi connectivity index (χ0v) is 7.51. The number of hydrogen-bond donors (Lipinski definition) is 2. The highest BCUT2D eigenvalue weighted by atomic mass is 15.3. The third-order valence-electron chi connectivity index (χ3n) is 2.09. The van der Waals surface area contributed by atoms with Crippen LogP contribution in [0.2, 0.25) is 0 Å². The first-order valence-electron chi connectivity index (χ1n) is 4.66. The topological polar surface area (TPSA) is 67.2 Å². The van der Waals surface area contributed by atoms with Crippen molar-refractivity contribution >= 4 is 11.8 Å². The molecule has 0 amide bonds. The lowest BCUT2D eigenvalue weighted by Gasteiger charge is -1.98. The van der Waals surface area contributed by atoms with Crippen LogP contribution < -0.4 is 10.3 Å². The summed E-state index contributed by atoms with van der Waals surface area (Å²) >= 11 is 0. The van der Waals surface area contributed by atoms with Crippen LogP contribution in [0.1, 0.15) is 25.7 Å². The van der Waals surface area contributed by atoms with Crippen LogP contribution in [0.5, 0.6) is 0 Å². The van der Waals surface area contributed by atoms with Gasteiger partial charge in [-0.05, 0) is 17.9 Å². The molecular weight excluding hydrogens is 166 g/mol. The lowest BCUT2D eigenvalue weighted by atomic mass is 10.2. The molecule has 0 saturated carbocycles. The minimum absolute atomic E-state index is 0.806. The van der Waals surface area contributed by atoms with Crippen molar-refractivity contribution in [1.82, 2.24) is 10.2 Å². The average molecular weight is 180 g/mol. The SMILES string of the molecule is c1n[nH]c(NC2=NCCCCC2)[nH+]1. The van der Waals surface area contributed by atoms with Gasteiger partial charge in [-0.2, -0.15) is 0 Å². The van der Waals surface area contributed by atoms with E-state index in [2.05, 4.69) is 25.5 Å². The minimum Gasteiger partial charge on any atom is -0.262 e. The summed E-state index contributed by atoms with van der Waals surface area (Å²) in [6.45, 7) is 0.941. The minimum atomic E-state index is 0.806. The molecule has 0 unspecified atom stereocenters. The number of nitrogens with one attached hydrogen (secondary N) is 3. The summed E-state index contributed by atoms with van der Waals surface area (Å²) < 4.78 is 0. The average Bonchev–Trinajstić information content (AvgIpc) is 2.49. The van der Waals surface area contributed by atoms with E-state index in [1.54, 1.807) is 6.33 Å². The van der Waals surface area contributed by atoms with Crippen LogP contribution in [0.4, 0.5) is 5.95 Å². The molecule has 0 radical (unpaired) electrons. The molecule has 0 atom stereocenters. The van der Waals surface area contributed by atoms with Gasteiger partial charge in [0.1, 0.15) is 5.84 Å². The third kappa shape index (κ3) is 2.27. The molecule has 1 aliphatic heterocycles. The van der Waals surface area contributed by atoms with Crippen molar-refractivity contribution in [2.45, 2.75) is 25.7 Å². The summed E-state index contributed by atoms with van der Waals surface area (Å²) in [6.07, 6.45) is 6.35. The highest BCUT2D eigenvalue weighted by molar-refractivity contribution is 5.93. The number of anilines is 1. The second kappa shape index (κ2) is 4.02. The van der Waals surface area contributed by atoms with Crippen molar-refractivity contribution in [2.24, 2.45) is 4.99 Å². The maximum absolute atomic E-state index is 4.44. The number of aliphatic imine (C=N–C) groups is 1. The van der Waals surface area contributed by atoms with Gasteiger partial charge in [0.25, 0.3) is 0 Å². The molecular formula is C8H14N5+. The molecule has 1 aromatic rings. The first-order valence-corrected chi connectivity index (χ1v) is 4.66. The molecule has 0 aliphatic carbocycles. The van der Waals surface area contributed by atoms with Gasteiger partial charge >= 0.3 is 5.95 Å². The van der Waals surface area contributed by atoms with E-state index in [1.807, 2.05) is 0 Å². The van der Waals surface area contributed by atoms with Crippen molar-refractivity contribution in [3.63, 3.8) is 0 Å². The van der Waals surface area contributed by atoms with E-state index in [4.69, 9.17) is 0 Å². The second-order valence-corrected chi connectivity index (χ2v) is 3.15. The number of amidine groups is 1. The summed E-state index contributed by atoms with van der Waals surface area (Å²) in [4.78, 5) is 7.38. The van der Waals surface area contributed by atoms with Crippen molar-refractivity contribution in [3.8, 4) is 0 Å². The van der Waals surface area contributed by atoms with Gasteiger partial charge in [0.05, 0.1) is 0 Å². The molecule has 70 valence electrons. The zero-order valence-electron chi connectivity index (χ0n) is 7.51. The summed E-state index contributed by atoms with van der Waals surface area (Å²) in [6, 6.07) is 0. The Hall–Kier alpha value is -1.39. The maximum atomic E-state index is 4.44. The Morgan fingerprint density at radius 3 is 3.23 bits per heavy atom. The van der Waals surface area contributed by atoms with Crippen molar-refractivity contribution in [2.75, 3.05) is 11.9 Å². The Morgan fingerprint density at radius 1 is 1.38 bits per heavy atom. The third-order valence-corrected chi connectivity index (χ3v) is 2.09. The van der Waals surface area contributed by atoms with E-state index in [0.29, 0.717) is 0 Å². The van der Waals surface area contributed by atoms with Crippen LogP contribution in [-0.2, 0) is 0 Å². The molecule has 1 aromatic heterocycles. The molecule has 0 fully saturated rings. The van der Waals surface area contributed by atoms with E-state index >= 15 is 0 Å². The van der Waals surface area contributed by atoms with Gasteiger partial charge in [-0.15, -0.1) is 5.10 Å². The van der Waals surface area contributed by atoms with E-state index in [0.717, 1.165) is 24.7 Å². The van der Waals surface area contributed by atoms with Crippen molar-refractivity contribution in [1.29, 1.82) is 0 Å². The van der Waals surface area contributed by atoms with Crippen molar-refractivity contribution < 1.29 is 4.98 Å². The van der Waals surface area contributed by atoms with Crippen molar-refractivity contribution in [3.05, 3.63) is 6.33 Å². The van der Waals surface area contributed by atoms with Crippen LogP contribution in [-0.4, -0.2) is 22.6 Å².